The lowest BCUT2D eigenvalue weighted by atomic mass is 10.0. The fraction of sp³-hybridized carbons (Fsp3) is 0.167. The van der Waals surface area contributed by atoms with Gasteiger partial charge in [-0.3, -0.25) is 14.8 Å². The van der Waals surface area contributed by atoms with E-state index in [2.05, 4.69) is 15.3 Å². The number of nitrogens with zero attached hydrogens (tertiary/aromatic N) is 2. The second kappa shape index (κ2) is 9.08. The molecule has 0 bridgehead atoms. The summed E-state index contributed by atoms with van der Waals surface area (Å²) in [5.74, 6) is 0. The minimum absolute atomic E-state index is 0.116. The summed E-state index contributed by atoms with van der Waals surface area (Å²) >= 11 is 17.3. The Hall–Kier alpha value is -2.28. The smallest absolute Gasteiger partial charge is 0.207 e. The number of anilines is 1. The summed E-state index contributed by atoms with van der Waals surface area (Å²) in [5, 5.41) is 2.99. The second-order valence-corrected chi connectivity index (χ2v) is 8.15. The number of pyridine rings is 2. The summed E-state index contributed by atoms with van der Waals surface area (Å²) in [6, 6.07) is 5.17. The quantitative estimate of drug-likeness (QED) is 0.369. The molecule has 0 aromatic carbocycles. The number of alkyl halides is 3. The maximum atomic E-state index is 10.9. The van der Waals surface area contributed by atoms with Crippen LogP contribution in [0.15, 0.2) is 42.9 Å². The molecular weight excluding hydrogens is 409 g/mol. The maximum Gasteiger partial charge on any atom is 0.207 e. The van der Waals surface area contributed by atoms with Crippen molar-refractivity contribution in [3.8, 4) is 0 Å². The van der Waals surface area contributed by atoms with E-state index in [0.29, 0.717) is 40.1 Å². The van der Waals surface area contributed by atoms with Gasteiger partial charge in [0.05, 0.1) is 18.4 Å². The van der Waals surface area contributed by atoms with Gasteiger partial charge in [-0.05, 0) is 42.3 Å². The molecule has 0 amide bonds. The molecule has 5 N–H and O–H groups in total. The van der Waals surface area contributed by atoms with Crippen molar-refractivity contribution in [1.82, 2.24) is 9.97 Å². The highest BCUT2D eigenvalue weighted by molar-refractivity contribution is 6.67. The maximum absolute atomic E-state index is 10.9. The number of carbonyl (C=O) groups excluding carboxylic acids is 1. The number of allylic oxidation sites excluding steroid dienone is 2. The topological polar surface area (TPSA) is 107 Å². The van der Waals surface area contributed by atoms with Gasteiger partial charge in [0.25, 0.3) is 0 Å². The number of aromatic nitrogens is 2. The van der Waals surface area contributed by atoms with Crippen LogP contribution in [0.25, 0.3) is 11.3 Å². The predicted molar refractivity (Wildman–Crippen MR) is 112 cm³/mol. The molecule has 0 unspecified atom stereocenters. The van der Waals surface area contributed by atoms with Crippen molar-refractivity contribution >= 4 is 58.0 Å². The molecule has 9 heteroatoms. The number of rotatable bonds is 6. The van der Waals surface area contributed by atoms with Crippen molar-refractivity contribution in [3.63, 3.8) is 0 Å². The van der Waals surface area contributed by atoms with Crippen molar-refractivity contribution in [3.05, 3.63) is 65.4 Å². The van der Waals surface area contributed by atoms with E-state index in [1.54, 1.807) is 24.4 Å². The molecule has 6 nitrogen and oxygen atoms in total. The van der Waals surface area contributed by atoms with E-state index in [9.17, 15) is 4.79 Å². The molecule has 0 radical (unpaired) electrons. The first-order chi connectivity index (χ1) is 12.7. The van der Waals surface area contributed by atoms with E-state index in [0.717, 1.165) is 5.69 Å². The predicted octanol–water partition coefficient (Wildman–Crippen LogP) is 3.68. The Kier molecular flexibility index (Phi) is 7.07. The molecule has 0 saturated heterocycles. The van der Waals surface area contributed by atoms with E-state index >= 15 is 0 Å². The molecule has 142 valence electrons. The molecule has 0 saturated carbocycles. The zero-order valence-corrected chi connectivity index (χ0v) is 16.7. The molecule has 0 aliphatic carbocycles. The van der Waals surface area contributed by atoms with Gasteiger partial charge in [-0.2, -0.15) is 0 Å². The average Bonchev–Trinajstić information content (AvgIpc) is 2.64. The van der Waals surface area contributed by atoms with Crippen LogP contribution in [0.4, 0.5) is 5.69 Å². The van der Waals surface area contributed by atoms with Gasteiger partial charge < -0.3 is 16.8 Å². The molecule has 2 heterocycles. The van der Waals surface area contributed by atoms with Crippen molar-refractivity contribution in [2.45, 2.75) is 10.7 Å². The Morgan fingerprint density at radius 2 is 2.04 bits per heavy atom. The highest BCUT2D eigenvalue weighted by atomic mass is 35.6. The standard InChI is InChI=1S/C18H18Cl3N5O/c1-11-16(6-14(8-25-11)26-10-18(19,20)21)17(23)5-13(7-22)12-2-3-24-15(4-12)9-27/h2-9,26H,10,22-23H2,1H3/b13-7+,17-5-. The Labute approximate surface area is 172 Å². The van der Waals surface area contributed by atoms with Crippen LogP contribution in [0, 0.1) is 6.92 Å². The van der Waals surface area contributed by atoms with Gasteiger partial charge in [-0.25, -0.2) is 0 Å². The third-order valence-electron chi connectivity index (χ3n) is 3.62. The van der Waals surface area contributed by atoms with E-state index in [1.165, 1.54) is 12.4 Å². The number of aryl methyl sites for hydroxylation is 1. The van der Waals surface area contributed by atoms with Gasteiger partial charge in [0.15, 0.2) is 6.29 Å². The van der Waals surface area contributed by atoms with E-state index in [1.807, 2.05) is 13.0 Å². The SMILES string of the molecule is Cc1ncc(NCC(Cl)(Cl)Cl)cc1/C(N)=C/C(=C\N)c1ccnc(C=O)c1. The summed E-state index contributed by atoms with van der Waals surface area (Å²) in [6.07, 6.45) is 6.93. The fourth-order valence-electron chi connectivity index (χ4n) is 2.29. The van der Waals surface area contributed by atoms with Crippen molar-refractivity contribution in [2.75, 3.05) is 11.9 Å². The van der Waals surface area contributed by atoms with Crippen LogP contribution in [-0.4, -0.2) is 26.6 Å². The Morgan fingerprint density at radius 1 is 1.30 bits per heavy atom. The summed E-state index contributed by atoms with van der Waals surface area (Å²) in [5.41, 5.74) is 16.2. The third-order valence-corrected chi connectivity index (χ3v) is 4.02. The second-order valence-electron chi connectivity index (χ2n) is 5.63. The van der Waals surface area contributed by atoms with E-state index in [4.69, 9.17) is 46.3 Å². The lowest BCUT2D eigenvalue weighted by Gasteiger charge is -2.15. The van der Waals surface area contributed by atoms with Crippen molar-refractivity contribution in [1.29, 1.82) is 0 Å². The highest BCUT2D eigenvalue weighted by Crippen LogP contribution is 2.27. The van der Waals surface area contributed by atoms with Gasteiger partial charge in [0.1, 0.15) is 5.69 Å². The molecule has 0 atom stereocenters. The number of nitrogens with one attached hydrogen (secondary N) is 1. The van der Waals surface area contributed by atoms with Gasteiger partial charge in [-0.1, -0.05) is 34.8 Å². The molecule has 2 aromatic heterocycles. The van der Waals surface area contributed by atoms with Crippen LogP contribution >= 0.6 is 34.8 Å². The minimum atomic E-state index is -1.43. The largest absolute Gasteiger partial charge is 0.404 e. The number of hydrogen-bond donors (Lipinski definition) is 3. The molecule has 2 aromatic rings. The van der Waals surface area contributed by atoms with Crippen LogP contribution in [0.3, 0.4) is 0 Å². The highest BCUT2D eigenvalue weighted by Gasteiger charge is 2.19. The van der Waals surface area contributed by atoms with Gasteiger partial charge in [0, 0.05) is 29.4 Å². The Morgan fingerprint density at radius 3 is 2.67 bits per heavy atom. The Bertz CT molecular complexity index is 891. The van der Waals surface area contributed by atoms with Gasteiger partial charge in [0.2, 0.25) is 3.79 Å². The zero-order valence-electron chi connectivity index (χ0n) is 14.4. The first kappa shape index (κ1) is 21.0. The lowest BCUT2D eigenvalue weighted by molar-refractivity contribution is 0.111. The molecule has 0 fully saturated rings. The normalized spacial score (nSPS) is 12.7. The number of nitrogens with two attached hydrogens (primary N) is 2. The van der Waals surface area contributed by atoms with Crippen molar-refractivity contribution < 1.29 is 4.79 Å². The number of halogens is 3. The van der Waals surface area contributed by atoms with E-state index in [-0.39, 0.29) is 6.54 Å². The van der Waals surface area contributed by atoms with Gasteiger partial charge >= 0.3 is 0 Å². The first-order valence-corrected chi connectivity index (χ1v) is 8.95. The van der Waals surface area contributed by atoms with Crippen LogP contribution in [0.5, 0.6) is 0 Å². The van der Waals surface area contributed by atoms with Gasteiger partial charge in [-0.15, -0.1) is 0 Å². The molecule has 0 spiro atoms. The number of carbonyl (C=O) groups is 1. The number of aldehydes is 1. The number of hydrogen-bond acceptors (Lipinski definition) is 6. The lowest BCUT2D eigenvalue weighted by Crippen LogP contribution is -2.18. The zero-order chi connectivity index (χ0) is 20.0. The molecule has 0 aliphatic rings. The van der Waals surface area contributed by atoms with Crippen LogP contribution in [-0.2, 0) is 0 Å². The molecule has 0 aliphatic heterocycles. The minimum Gasteiger partial charge on any atom is -0.404 e. The Balaban J connectivity index is 2.34. The summed E-state index contributed by atoms with van der Waals surface area (Å²) in [7, 11) is 0. The van der Waals surface area contributed by atoms with Crippen LogP contribution in [0.1, 0.15) is 27.3 Å². The molecule has 27 heavy (non-hydrogen) atoms. The summed E-state index contributed by atoms with van der Waals surface area (Å²) < 4.78 is -1.43. The summed E-state index contributed by atoms with van der Waals surface area (Å²) in [4.78, 5) is 19.2. The monoisotopic (exact) mass is 425 g/mol. The molecule has 2 rings (SSSR count). The average molecular weight is 427 g/mol. The van der Waals surface area contributed by atoms with Crippen LogP contribution < -0.4 is 16.8 Å². The van der Waals surface area contributed by atoms with Crippen LogP contribution in [0.2, 0.25) is 0 Å². The first-order valence-electron chi connectivity index (χ1n) is 7.82. The van der Waals surface area contributed by atoms with E-state index < -0.39 is 3.79 Å². The van der Waals surface area contributed by atoms with Crippen molar-refractivity contribution in [2.24, 2.45) is 11.5 Å². The third kappa shape index (κ3) is 6.13. The fourth-order valence-corrected chi connectivity index (χ4v) is 2.49. The summed E-state index contributed by atoms with van der Waals surface area (Å²) in [6.45, 7) is 1.95. The molecular formula is C18H18Cl3N5O.